The van der Waals surface area contributed by atoms with Gasteiger partial charge < -0.3 is 9.64 Å². The summed E-state index contributed by atoms with van der Waals surface area (Å²) in [4.78, 5) is 38.7. The molecule has 0 aromatic carbocycles. The van der Waals surface area contributed by atoms with Crippen LogP contribution >= 0.6 is 0 Å². The Bertz CT molecular complexity index is 810. The van der Waals surface area contributed by atoms with Crippen LogP contribution in [0.2, 0.25) is 0 Å². The summed E-state index contributed by atoms with van der Waals surface area (Å²) < 4.78 is 6.77. The number of rotatable bonds is 5. The summed E-state index contributed by atoms with van der Waals surface area (Å²) in [6.45, 7) is 10.9. The highest BCUT2D eigenvalue weighted by Gasteiger charge is 2.67. The molecule has 1 aliphatic heterocycles. The first kappa shape index (κ1) is 19.6. The number of ether oxygens (including phenoxy) is 1. The number of carbonyl (C=O) groups excluding carboxylic acids is 3. The number of ketones is 1. The molecule has 27 heavy (non-hydrogen) atoms. The van der Waals surface area contributed by atoms with Crippen molar-refractivity contribution in [2.24, 2.45) is 16.7 Å². The van der Waals surface area contributed by atoms with Gasteiger partial charge >= 0.3 is 5.97 Å². The summed E-state index contributed by atoms with van der Waals surface area (Å²) in [5.74, 6) is -0.0625. The molecule has 1 saturated carbocycles. The molecule has 2 fully saturated rings. The van der Waals surface area contributed by atoms with E-state index in [1.165, 1.54) is 14.0 Å². The second kappa shape index (κ2) is 6.46. The number of amides is 1. The van der Waals surface area contributed by atoms with Crippen molar-refractivity contribution < 1.29 is 19.1 Å². The third kappa shape index (κ3) is 2.97. The molecule has 0 unspecified atom stereocenters. The van der Waals surface area contributed by atoms with Gasteiger partial charge in [-0.3, -0.25) is 19.1 Å². The van der Waals surface area contributed by atoms with Gasteiger partial charge in [-0.25, -0.2) is 0 Å². The number of methoxy groups -OCH3 is 1. The molecule has 2 atom stereocenters. The predicted octanol–water partition coefficient (Wildman–Crippen LogP) is 2.14. The molecule has 7 nitrogen and oxygen atoms in total. The van der Waals surface area contributed by atoms with Crippen LogP contribution in [0, 0.1) is 30.6 Å². The monoisotopic (exact) mass is 375 g/mol. The zero-order valence-electron chi connectivity index (χ0n) is 17.1. The summed E-state index contributed by atoms with van der Waals surface area (Å²) >= 11 is 0. The predicted molar refractivity (Wildman–Crippen MR) is 99.2 cm³/mol. The Morgan fingerprint density at radius 1 is 1.26 bits per heavy atom. The van der Waals surface area contributed by atoms with Gasteiger partial charge in [-0.2, -0.15) is 5.10 Å². The number of Topliss-reactive ketones (excluding diaryl/α,β-unsaturated/α-hetero) is 1. The summed E-state index contributed by atoms with van der Waals surface area (Å²) in [6.07, 6.45) is 1.05. The first-order chi connectivity index (χ1) is 12.5. The lowest BCUT2D eigenvalue weighted by molar-refractivity contribution is -0.174. The second-order valence-electron chi connectivity index (χ2n) is 8.72. The van der Waals surface area contributed by atoms with Crippen LogP contribution in [-0.2, 0) is 20.9 Å². The van der Waals surface area contributed by atoms with Crippen LogP contribution < -0.4 is 0 Å². The van der Waals surface area contributed by atoms with Gasteiger partial charge in [-0.05, 0) is 38.5 Å². The van der Waals surface area contributed by atoms with Crippen LogP contribution in [0.15, 0.2) is 0 Å². The molecular formula is C20H29N3O4. The van der Waals surface area contributed by atoms with Crippen molar-refractivity contribution in [2.45, 2.75) is 54.0 Å². The zero-order valence-corrected chi connectivity index (χ0v) is 17.1. The normalized spacial score (nSPS) is 25.7. The highest BCUT2D eigenvalue weighted by atomic mass is 16.5. The van der Waals surface area contributed by atoms with E-state index in [0.717, 1.165) is 12.1 Å². The van der Waals surface area contributed by atoms with E-state index in [1.54, 1.807) is 9.58 Å². The van der Waals surface area contributed by atoms with Gasteiger partial charge in [0.1, 0.15) is 0 Å². The van der Waals surface area contributed by atoms with E-state index in [1.807, 2.05) is 13.8 Å². The number of aromatic nitrogens is 2. The molecule has 0 radical (unpaired) electrons. The number of hydrogen-bond donors (Lipinski definition) is 0. The second-order valence-corrected chi connectivity index (χ2v) is 8.72. The first-order valence-corrected chi connectivity index (χ1v) is 9.44. The number of hydrogen-bond acceptors (Lipinski definition) is 5. The lowest BCUT2D eigenvalue weighted by atomic mass is 9.48. The van der Waals surface area contributed by atoms with Crippen molar-refractivity contribution in [3.05, 3.63) is 17.0 Å². The van der Waals surface area contributed by atoms with Gasteiger partial charge in [0, 0.05) is 31.7 Å². The topological polar surface area (TPSA) is 81.5 Å². The summed E-state index contributed by atoms with van der Waals surface area (Å²) in [7, 11) is 1.42. The van der Waals surface area contributed by atoms with Crippen LogP contribution in [0.3, 0.4) is 0 Å². The minimum atomic E-state index is -0.548. The van der Waals surface area contributed by atoms with Crippen molar-refractivity contribution in [3.63, 3.8) is 0 Å². The molecule has 1 aromatic heterocycles. The van der Waals surface area contributed by atoms with Gasteiger partial charge in [0.05, 0.1) is 23.8 Å². The molecule has 1 saturated heterocycles. The Morgan fingerprint density at radius 3 is 2.44 bits per heavy atom. The Hall–Kier alpha value is -2.18. The van der Waals surface area contributed by atoms with E-state index >= 15 is 0 Å². The Balaban J connectivity index is 1.69. The maximum atomic E-state index is 12.8. The molecule has 0 spiro atoms. The maximum absolute atomic E-state index is 12.8. The van der Waals surface area contributed by atoms with E-state index in [9.17, 15) is 14.4 Å². The quantitative estimate of drug-likeness (QED) is 0.582. The lowest BCUT2D eigenvalue weighted by Gasteiger charge is -2.54. The largest absolute Gasteiger partial charge is 0.469 e. The summed E-state index contributed by atoms with van der Waals surface area (Å²) in [5.41, 5.74) is 1.61. The maximum Gasteiger partial charge on any atom is 0.314 e. The van der Waals surface area contributed by atoms with Crippen molar-refractivity contribution in [1.29, 1.82) is 0 Å². The van der Waals surface area contributed by atoms with E-state index in [-0.39, 0.29) is 29.0 Å². The molecule has 1 aliphatic carbocycles. The van der Waals surface area contributed by atoms with E-state index in [2.05, 4.69) is 18.9 Å². The number of carbonyl (C=O) groups is 3. The average molecular weight is 375 g/mol. The van der Waals surface area contributed by atoms with Gasteiger partial charge in [0.25, 0.3) is 0 Å². The fraction of sp³-hybridized carbons (Fsp3) is 0.700. The fourth-order valence-electron chi connectivity index (χ4n) is 5.35. The molecular weight excluding hydrogens is 346 g/mol. The molecule has 0 bridgehead atoms. The summed E-state index contributed by atoms with van der Waals surface area (Å²) in [5, 5.41) is 4.40. The number of fused-ring (bicyclic) bond motifs is 1. The number of nitrogens with zero attached hydrogens (tertiary/aromatic N) is 3. The van der Waals surface area contributed by atoms with Crippen molar-refractivity contribution in [2.75, 3.05) is 20.2 Å². The number of aryl methyl sites for hydroxylation is 2. The molecule has 148 valence electrons. The van der Waals surface area contributed by atoms with Crippen LogP contribution in [0.25, 0.3) is 0 Å². The van der Waals surface area contributed by atoms with Crippen molar-refractivity contribution >= 4 is 17.7 Å². The number of likely N-dealkylation sites (tertiary alicyclic amines) is 1. The van der Waals surface area contributed by atoms with Gasteiger partial charge in [0.2, 0.25) is 5.91 Å². The standard InChI is InChI=1S/C20H29N3O4/c1-12-17(14(3)24)13(2)23(21-12)8-7-16(25)22-9-15-19(4,5)10-20(15,11-22)18(26)27-6/h15H,7-11H2,1-6H3/t15-,20+/m1/s1. The van der Waals surface area contributed by atoms with E-state index in [4.69, 9.17) is 4.74 Å². The van der Waals surface area contributed by atoms with Crippen molar-refractivity contribution in [1.82, 2.24) is 14.7 Å². The van der Waals surface area contributed by atoms with Crippen LogP contribution in [0.4, 0.5) is 0 Å². The minimum absolute atomic E-state index is 0.0130. The van der Waals surface area contributed by atoms with Crippen LogP contribution in [0.5, 0.6) is 0 Å². The molecule has 7 heteroatoms. The Morgan fingerprint density at radius 2 is 1.93 bits per heavy atom. The van der Waals surface area contributed by atoms with Crippen molar-refractivity contribution in [3.8, 4) is 0 Å². The molecule has 2 heterocycles. The third-order valence-electron chi connectivity index (χ3n) is 6.47. The average Bonchev–Trinajstić information content (AvgIpc) is 3.07. The molecule has 1 aromatic rings. The zero-order chi connectivity index (χ0) is 20.1. The third-order valence-corrected chi connectivity index (χ3v) is 6.47. The molecule has 2 aliphatic rings. The van der Waals surface area contributed by atoms with E-state index < -0.39 is 5.41 Å². The smallest absolute Gasteiger partial charge is 0.314 e. The fourth-order valence-corrected chi connectivity index (χ4v) is 5.35. The lowest BCUT2D eigenvalue weighted by Crippen LogP contribution is -2.57. The van der Waals surface area contributed by atoms with Crippen LogP contribution in [-0.4, -0.2) is 52.5 Å². The summed E-state index contributed by atoms with van der Waals surface area (Å²) in [6, 6.07) is 0. The highest BCUT2D eigenvalue weighted by molar-refractivity contribution is 5.96. The molecule has 0 N–H and O–H groups in total. The number of esters is 1. The van der Waals surface area contributed by atoms with Gasteiger partial charge in [-0.1, -0.05) is 13.8 Å². The van der Waals surface area contributed by atoms with Crippen LogP contribution in [0.1, 0.15) is 55.4 Å². The van der Waals surface area contributed by atoms with Gasteiger partial charge in [-0.15, -0.1) is 0 Å². The SMILES string of the molecule is COC(=O)[C@@]12CN(C(=O)CCn3nc(C)c(C(C)=O)c3C)C[C@@H]1C(C)(C)C2. The molecule has 3 rings (SSSR count). The highest BCUT2D eigenvalue weighted by Crippen LogP contribution is 2.63. The first-order valence-electron chi connectivity index (χ1n) is 9.44. The Labute approximate surface area is 160 Å². The molecule has 1 amide bonds. The van der Waals surface area contributed by atoms with E-state index in [0.29, 0.717) is 37.3 Å². The van der Waals surface area contributed by atoms with Gasteiger partial charge in [0.15, 0.2) is 5.78 Å². The minimum Gasteiger partial charge on any atom is -0.469 e. The Kier molecular flexibility index (Phi) is 4.68.